The van der Waals surface area contributed by atoms with Crippen LogP contribution in [0.3, 0.4) is 0 Å². The Morgan fingerprint density at radius 3 is 2.79 bits per heavy atom. The van der Waals surface area contributed by atoms with E-state index in [0.29, 0.717) is 0 Å². The first-order valence-electron chi connectivity index (χ1n) is 7.25. The Kier molecular flexibility index (Phi) is 7.45. The summed E-state index contributed by atoms with van der Waals surface area (Å²) in [5.74, 6) is 1.05. The maximum absolute atomic E-state index is 6.07. The highest BCUT2D eigenvalue weighted by atomic mass is 16.5. The van der Waals surface area contributed by atoms with Crippen molar-refractivity contribution >= 4 is 5.82 Å². The van der Waals surface area contributed by atoms with Crippen molar-refractivity contribution in [2.24, 2.45) is 5.73 Å². The first kappa shape index (κ1) is 15.9. The van der Waals surface area contributed by atoms with E-state index >= 15 is 0 Å². The minimum Gasteiger partial charge on any atom is -0.380 e. The van der Waals surface area contributed by atoms with Crippen LogP contribution in [0.15, 0.2) is 18.3 Å². The van der Waals surface area contributed by atoms with Crippen LogP contribution in [0.4, 0.5) is 5.82 Å². The summed E-state index contributed by atoms with van der Waals surface area (Å²) in [7, 11) is 0. The van der Waals surface area contributed by atoms with Gasteiger partial charge in [-0.2, -0.15) is 0 Å². The van der Waals surface area contributed by atoms with Crippen molar-refractivity contribution in [3.63, 3.8) is 0 Å². The van der Waals surface area contributed by atoms with Crippen LogP contribution < -0.4 is 10.6 Å². The van der Waals surface area contributed by atoms with Crippen LogP contribution in [0.25, 0.3) is 0 Å². The van der Waals surface area contributed by atoms with Gasteiger partial charge in [-0.15, -0.1) is 0 Å². The molecule has 1 rings (SSSR count). The van der Waals surface area contributed by atoms with E-state index in [0.717, 1.165) is 45.0 Å². The third-order valence-electron chi connectivity index (χ3n) is 3.26. The van der Waals surface area contributed by atoms with Crippen molar-refractivity contribution in [1.29, 1.82) is 0 Å². The second-order valence-corrected chi connectivity index (χ2v) is 4.64. The fourth-order valence-corrected chi connectivity index (χ4v) is 2.03. The zero-order valence-corrected chi connectivity index (χ0v) is 12.4. The number of rotatable bonds is 9. The van der Waals surface area contributed by atoms with Crippen LogP contribution in [-0.4, -0.2) is 37.3 Å². The monoisotopic (exact) mass is 265 g/mol. The molecule has 4 nitrogen and oxygen atoms in total. The smallest absolute Gasteiger partial charge is 0.131 e. The maximum Gasteiger partial charge on any atom is 0.131 e. The van der Waals surface area contributed by atoms with E-state index < -0.39 is 0 Å². The first-order chi connectivity index (χ1) is 9.22. The lowest BCUT2D eigenvalue weighted by atomic mass is 10.1. The number of nitrogens with zero attached hydrogens (tertiary/aromatic N) is 2. The third-order valence-corrected chi connectivity index (χ3v) is 3.26. The van der Waals surface area contributed by atoms with Gasteiger partial charge in [0.05, 0.1) is 6.61 Å². The van der Waals surface area contributed by atoms with Crippen molar-refractivity contribution in [3.05, 3.63) is 23.9 Å². The highest BCUT2D eigenvalue weighted by Crippen LogP contribution is 2.18. The van der Waals surface area contributed by atoms with Crippen LogP contribution in [0.2, 0.25) is 0 Å². The fraction of sp³-hybridized carbons (Fsp3) is 0.667. The van der Waals surface area contributed by atoms with E-state index in [1.165, 1.54) is 5.56 Å². The van der Waals surface area contributed by atoms with Crippen LogP contribution >= 0.6 is 0 Å². The summed E-state index contributed by atoms with van der Waals surface area (Å²) >= 11 is 0. The van der Waals surface area contributed by atoms with Gasteiger partial charge in [0, 0.05) is 31.9 Å². The van der Waals surface area contributed by atoms with Gasteiger partial charge in [0.1, 0.15) is 5.82 Å². The Morgan fingerprint density at radius 1 is 1.37 bits per heavy atom. The predicted molar refractivity (Wildman–Crippen MR) is 80.6 cm³/mol. The predicted octanol–water partition coefficient (Wildman–Crippen LogP) is 2.22. The summed E-state index contributed by atoms with van der Waals surface area (Å²) in [6.45, 7) is 9.57. The molecule has 2 N–H and O–H groups in total. The molecule has 1 heterocycles. The Labute approximate surface area is 117 Å². The van der Waals surface area contributed by atoms with Crippen molar-refractivity contribution < 1.29 is 4.74 Å². The Bertz CT molecular complexity index is 357. The van der Waals surface area contributed by atoms with Gasteiger partial charge in [-0.05, 0) is 38.3 Å². The molecule has 0 aliphatic heterocycles. The molecule has 0 bridgehead atoms. The molecule has 1 aromatic rings. The van der Waals surface area contributed by atoms with E-state index in [1.807, 2.05) is 19.2 Å². The zero-order valence-electron chi connectivity index (χ0n) is 12.4. The summed E-state index contributed by atoms with van der Waals surface area (Å²) in [6, 6.07) is 4.31. The molecule has 4 heteroatoms. The van der Waals surface area contributed by atoms with Crippen LogP contribution in [-0.2, 0) is 11.2 Å². The zero-order chi connectivity index (χ0) is 14.1. The average molecular weight is 265 g/mol. The number of hydrogen-bond donors (Lipinski definition) is 1. The quantitative estimate of drug-likeness (QED) is 0.696. The van der Waals surface area contributed by atoms with Gasteiger partial charge in [0.2, 0.25) is 0 Å². The van der Waals surface area contributed by atoms with E-state index in [2.05, 4.69) is 29.8 Å². The number of pyridine rings is 1. The number of nitrogens with two attached hydrogens (primary N) is 1. The minimum atomic E-state index is 0.202. The number of likely N-dealkylation sites (N-methyl/N-ethyl adjacent to an activating group) is 1. The summed E-state index contributed by atoms with van der Waals surface area (Å²) in [4.78, 5) is 6.79. The molecule has 108 valence electrons. The van der Waals surface area contributed by atoms with Crippen LogP contribution in [0, 0.1) is 0 Å². The van der Waals surface area contributed by atoms with Gasteiger partial charge in [-0.25, -0.2) is 4.98 Å². The lowest BCUT2D eigenvalue weighted by Crippen LogP contribution is -2.30. The van der Waals surface area contributed by atoms with Crippen molar-refractivity contribution in [2.75, 3.05) is 31.2 Å². The second kappa shape index (κ2) is 8.88. The van der Waals surface area contributed by atoms with Gasteiger partial charge in [-0.3, -0.25) is 0 Å². The highest BCUT2D eigenvalue weighted by molar-refractivity contribution is 5.47. The summed E-state index contributed by atoms with van der Waals surface area (Å²) in [6.07, 6.45) is 3.71. The van der Waals surface area contributed by atoms with Gasteiger partial charge in [-0.1, -0.05) is 13.0 Å². The maximum atomic E-state index is 6.07. The van der Waals surface area contributed by atoms with E-state index in [9.17, 15) is 0 Å². The van der Waals surface area contributed by atoms with E-state index in [1.54, 1.807) is 0 Å². The Morgan fingerprint density at radius 2 is 2.16 bits per heavy atom. The third kappa shape index (κ3) is 5.17. The Balaban J connectivity index is 2.77. The summed E-state index contributed by atoms with van der Waals surface area (Å²) in [5, 5.41) is 0. The normalized spacial score (nSPS) is 12.4. The molecule has 1 unspecified atom stereocenters. The van der Waals surface area contributed by atoms with Gasteiger partial charge >= 0.3 is 0 Å². The molecule has 0 radical (unpaired) electrons. The lowest BCUT2D eigenvalue weighted by molar-refractivity contribution is 0.154. The number of anilines is 1. The number of hydrogen-bond acceptors (Lipinski definition) is 4. The molecule has 0 aromatic carbocycles. The van der Waals surface area contributed by atoms with E-state index in [-0.39, 0.29) is 6.04 Å². The van der Waals surface area contributed by atoms with Gasteiger partial charge in [0.25, 0.3) is 0 Å². The average Bonchev–Trinajstić information content (AvgIpc) is 2.44. The van der Waals surface area contributed by atoms with Crippen molar-refractivity contribution in [2.45, 2.75) is 39.7 Å². The molecule has 0 saturated heterocycles. The largest absolute Gasteiger partial charge is 0.380 e. The molecular formula is C15H27N3O. The van der Waals surface area contributed by atoms with Crippen LogP contribution in [0.1, 0.15) is 32.8 Å². The summed E-state index contributed by atoms with van der Waals surface area (Å²) in [5.41, 5.74) is 7.30. The first-order valence-corrected chi connectivity index (χ1v) is 7.25. The lowest BCUT2D eigenvalue weighted by Gasteiger charge is -2.25. The molecule has 1 aromatic heterocycles. The Hall–Kier alpha value is -1.13. The molecule has 1 atom stereocenters. The second-order valence-electron chi connectivity index (χ2n) is 4.64. The van der Waals surface area contributed by atoms with Crippen molar-refractivity contribution in [1.82, 2.24) is 4.98 Å². The molecule has 0 aliphatic rings. The topological polar surface area (TPSA) is 51.4 Å². The minimum absolute atomic E-state index is 0.202. The van der Waals surface area contributed by atoms with Crippen molar-refractivity contribution in [3.8, 4) is 0 Å². The SMILES string of the molecule is CCOCCN(CC)c1ncccc1CC(N)CC. The standard InChI is InChI=1S/C15H27N3O/c1-4-14(16)12-13-8-7-9-17-15(13)18(5-2)10-11-19-6-3/h7-9,14H,4-6,10-12,16H2,1-3H3. The fourth-order valence-electron chi connectivity index (χ4n) is 2.03. The molecule has 0 aliphatic carbocycles. The molecule has 0 saturated carbocycles. The molecule has 0 spiro atoms. The summed E-state index contributed by atoms with van der Waals surface area (Å²) < 4.78 is 5.44. The molecular weight excluding hydrogens is 238 g/mol. The highest BCUT2D eigenvalue weighted by Gasteiger charge is 2.12. The van der Waals surface area contributed by atoms with Gasteiger partial charge in [0.15, 0.2) is 0 Å². The molecule has 0 amide bonds. The number of ether oxygens (including phenoxy) is 1. The molecule has 0 fully saturated rings. The van der Waals surface area contributed by atoms with E-state index in [4.69, 9.17) is 10.5 Å². The number of aromatic nitrogens is 1. The van der Waals surface area contributed by atoms with Crippen LogP contribution in [0.5, 0.6) is 0 Å². The molecule has 19 heavy (non-hydrogen) atoms. The van der Waals surface area contributed by atoms with Gasteiger partial charge < -0.3 is 15.4 Å².